The Morgan fingerprint density at radius 3 is 3.15 bits per heavy atom. The average molecular weight is 203 g/mol. The van der Waals surface area contributed by atoms with Crippen LogP contribution in [-0.4, -0.2) is 17.3 Å². The Morgan fingerprint density at radius 2 is 2.46 bits per heavy atom. The van der Waals surface area contributed by atoms with E-state index in [4.69, 9.17) is 0 Å². The molecule has 0 fully saturated rings. The molecule has 4 nitrogen and oxygen atoms in total. The molecule has 0 aliphatic carbocycles. The summed E-state index contributed by atoms with van der Waals surface area (Å²) < 4.78 is 4.66. The van der Waals surface area contributed by atoms with Gasteiger partial charge in [-0.1, -0.05) is 5.04 Å². The van der Waals surface area contributed by atoms with Crippen LogP contribution < -0.4 is 0 Å². The highest BCUT2D eigenvalue weighted by Gasteiger charge is 1.94. The van der Waals surface area contributed by atoms with E-state index in [1.165, 1.54) is 17.6 Å². The van der Waals surface area contributed by atoms with E-state index in [1.54, 1.807) is 0 Å². The zero-order chi connectivity index (χ0) is 9.36. The minimum Gasteiger partial charge on any atom is -0.367 e. The SMILES string of the molecule is CCOOOSCCc1cc[nH]c1. The molecular formula is C8H13NO3S. The van der Waals surface area contributed by atoms with Gasteiger partial charge in [0, 0.05) is 30.2 Å². The summed E-state index contributed by atoms with van der Waals surface area (Å²) in [6, 6.07) is 2.03. The van der Waals surface area contributed by atoms with Crippen LogP contribution in [0.1, 0.15) is 12.5 Å². The maximum atomic E-state index is 4.66. The van der Waals surface area contributed by atoms with Crippen LogP contribution in [0.15, 0.2) is 18.5 Å². The van der Waals surface area contributed by atoms with Crippen LogP contribution in [0.5, 0.6) is 0 Å². The van der Waals surface area contributed by atoms with Gasteiger partial charge in [0.1, 0.15) is 0 Å². The summed E-state index contributed by atoms with van der Waals surface area (Å²) in [5.41, 5.74) is 1.26. The third-order valence-corrected chi connectivity index (χ3v) is 1.90. The maximum Gasteiger partial charge on any atom is 0.0826 e. The number of H-pyrrole nitrogens is 1. The van der Waals surface area contributed by atoms with Gasteiger partial charge in [-0.05, 0) is 25.0 Å². The first kappa shape index (κ1) is 10.6. The number of aromatic nitrogens is 1. The normalized spacial score (nSPS) is 10.5. The van der Waals surface area contributed by atoms with Crippen LogP contribution in [-0.2, 0) is 20.7 Å². The molecule has 74 valence electrons. The molecule has 0 amide bonds. The number of rotatable bonds is 7. The molecule has 0 atom stereocenters. The Hall–Kier alpha value is -0.490. The molecule has 0 aliphatic rings. The molecule has 0 saturated carbocycles. The van der Waals surface area contributed by atoms with Crippen molar-refractivity contribution in [3.63, 3.8) is 0 Å². The highest BCUT2D eigenvalue weighted by molar-refractivity contribution is 7.94. The molecule has 0 saturated heterocycles. The standard InChI is InChI=1S/C8H13NO3S/c1-2-10-11-12-13-6-4-8-3-5-9-7-8/h3,5,7,9H,2,4,6H2,1H3. The van der Waals surface area contributed by atoms with E-state index in [9.17, 15) is 0 Å². The molecule has 0 aliphatic heterocycles. The molecule has 1 rings (SSSR count). The summed E-state index contributed by atoms with van der Waals surface area (Å²) in [5, 5.41) is 4.36. The smallest absolute Gasteiger partial charge is 0.0826 e. The fourth-order valence-corrected chi connectivity index (χ4v) is 1.26. The Balaban J connectivity index is 1.90. The summed E-state index contributed by atoms with van der Waals surface area (Å²) in [6.07, 6.45) is 4.81. The van der Waals surface area contributed by atoms with Crippen molar-refractivity contribution in [2.75, 3.05) is 12.4 Å². The summed E-state index contributed by atoms with van der Waals surface area (Å²) in [4.78, 5) is 7.51. The zero-order valence-electron chi connectivity index (χ0n) is 7.49. The molecule has 1 aromatic rings. The van der Waals surface area contributed by atoms with Crippen LogP contribution >= 0.6 is 12.0 Å². The van der Waals surface area contributed by atoms with E-state index in [0.29, 0.717) is 6.61 Å². The second-order valence-electron chi connectivity index (χ2n) is 2.33. The number of nitrogens with one attached hydrogen (secondary N) is 1. The van der Waals surface area contributed by atoms with Crippen molar-refractivity contribution in [1.82, 2.24) is 4.98 Å². The fraction of sp³-hybridized carbons (Fsp3) is 0.500. The third-order valence-electron chi connectivity index (χ3n) is 1.38. The lowest BCUT2D eigenvalue weighted by molar-refractivity contribution is -0.458. The highest BCUT2D eigenvalue weighted by Crippen LogP contribution is 2.07. The Kier molecular flexibility index (Phi) is 5.67. The molecule has 5 heteroatoms. The Morgan fingerprint density at radius 1 is 1.54 bits per heavy atom. The Bertz CT molecular complexity index is 203. The van der Waals surface area contributed by atoms with Crippen molar-refractivity contribution >= 4 is 12.0 Å². The predicted molar refractivity (Wildman–Crippen MR) is 50.8 cm³/mol. The third kappa shape index (κ3) is 4.94. The van der Waals surface area contributed by atoms with Crippen molar-refractivity contribution in [2.24, 2.45) is 0 Å². The van der Waals surface area contributed by atoms with Gasteiger partial charge >= 0.3 is 0 Å². The molecule has 0 aromatic carbocycles. The summed E-state index contributed by atoms with van der Waals surface area (Å²) in [6.45, 7) is 2.31. The Labute approximate surface area is 81.6 Å². The lowest BCUT2D eigenvalue weighted by Crippen LogP contribution is -1.92. The predicted octanol–water partition coefficient (Wildman–Crippen LogP) is 2.11. The summed E-state index contributed by atoms with van der Waals surface area (Å²) in [5.74, 6) is 0.838. The number of aromatic amines is 1. The molecule has 1 N–H and O–H groups in total. The van der Waals surface area contributed by atoms with E-state index in [-0.39, 0.29) is 0 Å². The van der Waals surface area contributed by atoms with Crippen LogP contribution in [0.2, 0.25) is 0 Å². The van der Waals surface area contributed by atoms with Crippen LogP contribution in [0.4, 0.5) is 0 Å². The van der Waals surface area contributed by atoms with Gasteiger partial charge in [-0.3, -0.25) is 0 Å². The number of aryl methyl sites for hydroxylation is 1. The van der Waals surface area contributed by atoms with E-state index in [2.05, 4.69) is 19.2 Å². The monoisotopic (exact) mass is 203 g/mol. The molecule has 0 radical (unpaired) electrons. The van der Waals surface area contributed by atoms with Crippen molar-refractivity contribution in [1.29, 1.82) is 0 Å². The fourth-order valence-electron chi connectivity index (χ4n) is 0.795. The number of hydrogen-bond acceptors (Lipinski definition) is 4. The lowest BCUT2D eigenvalue weighted by atomic mass is 10.3. The van der Waals surface area contributed by atoms with Gasteiger partial charge in [-0.25, -0.2) is 4.89 Å². The molecule has 0 bridgehead atoms. The molecule has 0 unspecified atom stereocenters. The molecule has 13 heavy (non-hydrogen) atoms. The summed E-state index contributed by atoms with van der Waals surface area (Å²) in [7, 11) is 0. The van der Waals surface area contributed by atoms with Crippen molar-refractivity contribution in [3.8, 4) is 0 Å². The van der Waals surface area contributed by atoms with E-state index < -0.39 is 0 Å². The van der Waals surface area contributed by atoms with Crippen LogP contribution in [0, 0.1) is 0 Å². The second-order valence-corrected chi connectivity index (χ2v) is 3.11. The maximum absolute atomic E-state index is 4.66. The van der Waals surface area contributed by atoms with Crippen molar-refractivity contribution in [2.45, 2.75) is 13.3 Å². The highest BCUT2D eigenvalue weighted by atomic mass is 32.2. The average Bonchev–Trinajstić information content (AvgIpc) is 2.63. The van der Waals surface area contributed by atoms with E-state index in [1.807, 2.05) is 25.4 Å². The minimum absolute atomic E-state index is 0.484. The molecule has 0 spiro atoms. The van der Waals surface area contributed by atoms with Gasteiger partial charge in [-0.2, -0.15) is 0 Å². The first-order valence-electron chi connectivity index (χ1n) is 4.13. The van der Waals surface area contributed by atoms with Gasteiger partial charge in [0.2, 0.25) is 0 Å². The summed E-state index contributed by atoms with van der Waals surface area (Å²) >= 11 is 1.23. The van der Waals surface area contributed by atoms with Gasteiger partial charge in [-0.15, -0.1) is 4.33 Å². The first-order chi connectivity index (χ1) is 6.43. The van der Waals surface area contributed by atoms with Crippen LogP contribution in [0.3, 0.4) is 0 Å². The lowest BCUT2D eigenvalue weighted by Gasteiger charge is -1.98. The van der Waals surface area contributed by atoms with Crippen molar-refractivity contribution in [3.05, 3.63) is 24.0 Å². The van der Waals surface area contributed by atoms with Gasteiger partial charge in [0.05, 0.1) is 6.61 Å². The second kappa shape index (κ2) is 6.97. The van der Waals surface area contributed by atoms with Crippen molar-refractivity contribution < 1.29 is 14.3 Å². The van der Waals surface area contributed by atoms with E-state index in [0.717, 1.165) is 12.2 Å². The van der Waals surface area contributed by atoms with Gasteiger partial charge < -0.3 is 4.98 Å². The van der Waals surface area contributed by atoms with Crippen LogP contribution in [0.25, 0.3) is 0 Å². The largest absolute Gasteiger partial charge is 0.367 e. The topological polar surface area (TPSA) is 43.5 Å². The van der Waals surface area contributed by atoms with Gasteiger partial charge in [0.25, 0.3) is 0 Å². The quantitative estimate of drug-likeness (QED) is 0.319. The number of hydrogen-bond donors (Lipinski definition) is 1. The molecule has 1 aromatic heterocycles. The zero-order valence-corrected chi connectivity index (χ0v) is 8.30. The molecule has 1 heterocycles. The molecular weight excluding hydrogens is 190 g/mol. The van der Waals surface area contributed by atoms with E-state index >= 15 is 0 Å². The van der Waals surface area contributed by atoms with Gasteiger partial charge in [0.15, 0.2) is 0 Å². The minimum atomic E-state index is 0.484. The first-order valence-corrected chi connectivity index (χ1v) is 5.04.